The molecule has 166 valence electrons. The molecule has 2 heterocycles. The zero-order valence-electron chi connectivity index (χ0n) is 17.2. The van der Waals surface area contributed by atoms with E-state index in [9.17, 15) is 24.2 Å². The Hall–Kier alpha value is -4.28. The number of hydrogen-bond donors (Lipinski definition) is 4. The summed E-state index contributed by atoms with van der Waals surface area (Å²) in [5.74, 6) is -2.81. The molecule has 1 amide bonds. The van der Waals surface area contributed by atoms with Crippen LogP contribution in [0.2, 0.25) is 0 Å². The summed E-state index contributed by atoms with van der Waals surface area (Å²) in [6.45, 7) is 3.65. The Morgan fingerprint density at radius 3 is 2.75 bits per heavy atom. The lowest BCUT2D eigenvalue weighted by molar-refractivity contribution is 0.102. The number of nitrogens with one attached hydrogen (secondary N) is 2. The first-order valence-corrected chi connectivity index (χ1v) is 9.52. The van der Waals surface area contributed by atoms with Gasteiger partial charge in [0, 0.05) is 31.1 Å². The van der Waals surface area contributed by atoms with Gasteiger partial charge in [0.1, 0.15) is 17.5 Å². The second-order valence-corrected chi connectivity index (χ2v) is 6.71. The van der Waals surface area contributed by atoms with Gasteiger partial charge in [0.2, 0.25) is 0 Å². The number of anilines is 1. The Labute approximate surface area is 181 Å². The Kier molecular flexibility index (Phi) is 6.47. The fraction of sp³-hybridized carbons (Fsp3) is 0.190. The van der Waals surface area contributed by atoms with E-state index in [0.29, 0.717) is 12.2 Å². The zero-order chi connectivity index (χ0) is 23.4. The van der Waals surface area contributed by atoms with Crippen LogP contribution in [-0.4, -0.2) is 37.1 Å². The number of benzene rings is 1. The van der Waals surface area contributed by atoms with Crippen molar-refractivity contribution >= 4 is 17.8 Å². The zero-order valence-corrected chi connectivity index (χ0v) is 17.2. The number of aromatic nitrogens is 3. The molecule has 1 unspecified atom stereocenters. The molecule has 0 saturated carbocycles. The highest BCUT2D eigenvalue weighted by Gasteiger charge is 2.22. The molecule has 0 aliphatic carbocycles. The Morgan fingerprint density at radius 1 is 1.31 bits per heavy atom. The molecule has 0 saturated heterocycles. The Balaban J connectivity index is 1.89. The minimum absolute atomic E-state index is 0.0247. The number of rotatable bonds is 7. The number of carbonyl (C=O) groups excluding carboxylic acids is 1. The van der Waals surface area contributed by atoms with E-state index in [-0.39, 0.29) is 34.0 Å². The summed E-state index contributed by atoms with van der Waals surface area (Å²) in [4.78, 5) is 24.3. The number of pyridine rings is 1. The molecular weight excluding hydrogens is 421 g/mol. The van der Waals surface area contributed by atoms with Gasteiger partial charge in [0.05, 0.1) is 11.3 Å². The number of phenolic OH excluding ortho intramolecular Hbond substituents is 2. The maximum atomic E-state index is 13.7. The fourth-order valence-electron chi connectivity index (χ4n) is 2.96. The van der Waals surface area contributed by atoms with Crippen LogP contribution in [-0.2, 0) is 6.54 Å². The van der Waals surface area contributed by atoms with E-state index >= 15 is 0 Å². The van der Waals surface area contributed by atoms with Gasteiger partial charge in [-0.1, -0.05) is 0 Å². The van der Waals surface area contributed by atoms with E-state index < -0.39 is 23.6 Å². The van der Waals surface area contributed by atoms with Gasteiger partial charge in [-0.25, -0.2) is 4.39 Å². The molecule has 4 N–H and O–H groups in total. The van der Waals surface area contributed by atoms with Gasteiger partial charge >= 0.3 is 0 Å². The first-order valence-electron chi connectivity index (χ1n) is 9.52. The molecule has 3 rings (SSSR count). The molecule has 32 heavy (non-hydrogen) atoms. The number of ether oxygens (including phenoxy) is 1. The van der Waals surface area contributed by atoms with Gasteiger partial charge in [0.25, 0.3) is 11.5 Å². The summed E-state index contributed by atoms with van der Waals surface area (Å²) >= 11 is 0. The van der Waals surface area contributed by atoms with E-state index in [2.05, 4.69) is 15.5 Å². The van der Waals surface area contributed by atoms with Crippen LogP contribution in [0.4, 0.5) is 10.1 Å². The first kappa shape index (κ1) is 22.4. The van der Waals surface area contributed by atoms with Crippen LogP contribution in [0.1, 0.15) is 41.7 Å². The fourth-order valence-corrected chi connectivity index (χ4v) is 2.96. The third kappa shape index (κ3) is 4.56. The number of hydrogen-bond acceptors (Lipinski definition) is 8. The van der Waals surface area contributed by atoms with Crippen molar-refractivity contribution < 1.29 is 24.1 Å². The third-order valence-corrected chi connectivity index (χ3v) is 4.59. The molecule has 0 bridgehead atoms. The standard InChI is InChI=1S/C21H20FN5O5/c1-3-27-10-12(4-7-18(27)29)24-21(31)14-8-17(15(9-23)26-25-14)32-11(2)19-16(28)6-5-13(22)20(19)30/h4-11,23,28,30H,3H2,1-2H3,(H,24,31). The topological polar surface area (TPSA) is 150 Å². The molecule has 3 aromatic rings. The van der Waals surface area contributed by atoms with Gasteiger partial charge in [-0.15, -0.1) is 10.2 Å². The maximum absolute atomic E-state index is 13.7. The molecule has 1 atom stereocenters. The SMILES string of the molecule is CCn1cc(NC(=O)c2cc(OC(C)c3c(O)ccc(F)c3O)c(C=N)nn2)ccc1=O. The molecule has 0 radical (unpaired) electrons. The van der Waals surface area contributed by atoms with Crippen LogP contribution in [0, 0.1) is 11.2 Å². The Morgan fingerprint density at radius 2 is 2.06 bits per heavy atom. The van der Waals surface area contributed by atoms with Crippen molar-refractivity contribution in [3.63, 3.8) is 0 Å². The number of amides is 1. The van der Waals surface area contributed by atoms with Crippen molar-refractivity contribution in [2.24, 2.45) is 0 Å². The van der Waals surface area contributed by atoms with Crippen LogP contribution >= 0.6 is 0 Å². The summed E-state index contributed by atoms with van der Waals surface area (Å²) in [5.41, 5.74) is -0.234. The van der Waals surface area contributed by atoms with Crippen LogP contribution in [0.3, 0.4) is 0 Å². The van der Waals surface area contributed by atoms with Crippen LogP contribution in [0.25, 0.3) is 0 Å². The molecular formula is C21H20FN5O5. The van der Waals surface area contributed by atoms with E-state index in [4.69, 9.17) is 10.1 Å². The van der Waals surface area contributed by atoms with Crippen molar-refractivity contribution in [3.8, 4) is 17.2 Å². The second kappa shape index (κ2) is 9.25. The number of nitrogens with zero attached hydrogens (tertiary/aromatic N) is 3. The molecule has 10 nitrogen and oxygen atoms in total. The summed E-state index contributed by atoms with van der Waals surface area (Å²) in [6.07, 6.45) is 1.27. The van der Waals surface area contributed by atoms with Crippen LogP contribution < -0.4 is 15.6 Å². The normalized spacial score (nSPS) is 11.6. The molecule has 0 aliphatic heterocycles. The summed E-state index contributed by atoms with van der Waals surface area (Å²) in [5, 5.41) is 37.6. The highest BCUT2D eigenvalue weighted by atomic mass is 19.1. The monoisotopic (exact) mass is 441 g/mol. The number of aryl methyl sites for hydroxylation is 1. The number of carbonyl (C=O) groups is 1. The predicted molar refractivity (Wildman–Crippen MR) is 113 cm³/mol. The summed E-state index contributed by atoms with van der Waals surface area (Å²) in [6, 6.07) is 5.96. The number of halogens is 1. The molecule has 0 fully saturated rings. The van der Waals surface area contributed by atoms with Crippen molar-refractivity contribution in [1.29, 1.82) is 5.41 Å². The lowest BCUT2D eigenvalue weighted by Crippen LogP contribution is -2.20. The van der Waals surface area contributed by atoms with Gasteiger partial charge in [-0.05, 0) is 32.0 Å². The molecule has 0 spiro atoms. The quantitative estimate of drug-likeness (QED) is 0.412. The van der Waals surface area contributed by atoms with E-state index in [1.165, 1.54) is 35.9 Å². The minimum Gasteiger partial charge on any atom is -0.507 e. The van der Waals surface area contributed by atoms with Crippen molar-refractivity contribution in [2.75, 3.05) is 5.32 Å². The van der Waals surface area contributed by atoms with Crippen molar-refractivity contribution in [3.05, 3.63) is 69.7 Å². The van der Waals surface area contributed by atoms with Gasteiger partial charge in [-0.2, -0.15) is 0 Å². The number of aromatic hydroxyl groups is 2. The third-order valence-electron chi connectivity index (χ3n) is 4.59. The maximum Gasteiger partial charge on any atom is 0.276 e. The predicted octanol–water partition coefficient (Wildman–Crippen LogP) is 2.60. The lowest BCUT2D eigenvalue weighted by Gasteiger charge is -2.18. The average Bonchev–Trinajstić information content (AvgIpc) is 2.77. The van der Waals surface area contributed by atoms with E-state index in [1.54, 1.807) is 6.92 Å². The van der Waals surface area contributed by atoms with E-state index in [0.717, 1.165) is 18.3 Å². The van der Waals surface area contributed by atoms with Gasteiger partial charge in [0.15, 0.2) is 23.0 Å². The molecule has 2 aromatic heterocycles. The Bertz CT molecular complexity index is 1240. The smallest absolute Gasteiger partial charge is 0.276 e. The average molecular weight is 441 g/mol. The van der Waals surface area contributed by atoms with Crippen LogP contribution in [0.15, 0.2) is 41.3 Å². The second-order valence-electron chi connectivity index (χ2n) is 6.71. The van der Waals surface area contributed by atoms with Crippen molar-refractivity contribution in [1.82, 2.24) is 14.8 Å². The highest BCUT2D eigenvalue weighted by molar-refractivity contribution is 6.03. The summed E-state index contributed by atoms with van der Waals surface area (Å²) in [7, 11) is 0. The minimum atomic E-state index is -1.06. The van der Waals surface area contributed by atoms with Gasteiger partial charge in [-0.3, -0.25) is 9.59 Å². The van der Waals surface area contributed by atoms with E-state index in [1.807, 2.05) is 0 Å². The highest BCUT2D eigenvalue weighted by Crippen LogP contribution is 2.37. The van der Waals surface area contributed by atoms with Gasteiger partial charge < -0.3 is 30.2 Å². The molecule has 0 aliphatic rings. The lowest BCUT2D eigenvalue weighted by atomic mass is 10.1. The largest absolute Gasteiger partial charge is 0.507 e. The van der Waals surface area contributed by atoms with Crippen LogP contribution in [0.5, 0.6) is 17.2 Å². The molecule has 1 aromatic carbocycles. The van der Waals surface area contributed by atoms with Crippen molar-refractivity contribution in [2.45, 2.75) is 26.5 Å². The molecule has 11 heteroatoms. The summed E-state index contributed by atoms with van der Waals surface area (Å²) < 4.78 is 20.8. The first-order chi connectivity index (χ1) is 15.2. The number of phenols is 2.